The van der Waals surface area contributed by atoms with E-state index in [9.17, 15) is 18.7 Å². The molecule has 0 aliphatic carbocycles. The molecule has 1 aromatic carbocycles. The van der Waals surface area contributed by atoms with Gasteiger partial charge in [0.1, 0.15) is 0 Å². The molecule has 0 aromatic heterocycles. The second-order valence-electron chi connectivity index (χ2n) is 5.63. The SMILES string of the molecule is CC1(O)CCN(C(=O)CCc2ccc(F)c(F)c2)CC1. The molecule has 1 fully saturated rings. The summed E-state index contributed by atoms with van der Waals surface area (Å²) < 4.78 is 25.8. The van der Waals surface area contributed by atoms with E-state index in [0.717, 1.165) is 12.1 Å². The summed E-state index contributed by atoms with van der Waals surface area (Å²) in [7, 11) is 0. The Morgan fingerprint density at radius 2 is 1.95 bits per heavy atom. The molecule has 0 saturated carbocycles. The lowest BCUT2D eigenvalue weighted by atomic mass is 9.93. The van der Waals surface area contributed by atoms with Crippen LogP contribution in [0.3, 0.4) is 0 Å². The molecule has 3 nitrogen and oxygen atoms in total. The summed E-state index contributed by atoms with van der Waals surface area (Å²) in [4.78, 5) is 13.7. The van der Waals surface area contributed by atoms with E-state index in [-0.39, 0.29) is 12.3 Å². The van der Waals surface area contributed by atoms with Gasteiger partial charge >= 0.3 is 0 Å². The van der Waals surface area contributed by atoms with E-state index in [1.165, 1.54) is 6.07 Å². The average molecular weight is 283 g/mol. The summed E-state index contributed by atoms with van der Waals surface area (Å²) in [6.07, 6.45) is 1.81. The van der Waals surface area contributed by atoms with Crippen LogP contribution in [0.25, 0.3) is 0 Å². The molecule has 5 heteroatoms. The third kappa shape index (κ3) is 3.76. The zero-order valence-electron chi connectivity index (χ0n) is 11.5. The number of nitrogens with zero attached hydrogens (tertiary/aromatic N) is 1. The number of aliphatic hydroxyl groups is 1. The molecule has 110 valence electrons. The molecule has 1 aliphatic heterocycles. The Hall–Kier alpha value is -1.49. The Morgan fingerprint density at radius 3 is 2.55 bits per heavy atom. The lowest BCUT2D eigenvalue weighted by Crippen LogP contribution is -2.45. The lowest BCUT2D eigenvalue weighted by Gasteiger charge is -2.35. The van der Waals surface area contributed by atoms with Crippen LogP contribution in [0.4, 0.5) is 8.78 Å². The number of hydrogen-bond donors (Lipinski definition) is 1. The molecular weight excluding hydrogens is 264 g/mol. The third-order valence-corrected chi connectivity index (χ3v) is 3.80. The number of carbonyl (C=O) groups is 1. The molecule has 1 heterocycles. The van der Waals surface area contributed by atoms with E-state index in [4.69, 9.17) is 0 Å². The molecule has 2 rings (SSSR count). The van der Waals surface area contributed by atoms with Crippen LogP contribution in [0.5, 0.6) is 0 Å². The highest BCUT2D eigenvalue weighted by Gasteiger charge is 2.29. The van der Waals surface area contributed by atoms with Crippen molar-refractivity contribution >= 4 is 5.91 Å². The topological polar surface area (TPSA) is 40.5 Å². The molecule has 1 N–H and O–H groups in total. The smallest absolute Gasteiger partial charge is 0.222 e. The van der Waals surface area contributed by atoms with Crippen LogP contribution in [0.1, 0.15) is 31.7 Å². The maximum Gasteiger partial charge on any atom is 0.222 e. The molecule has 0 bridgehead atoms. The van der Waals surface area contributed by atoms with Crippen molar-refractivity contribution in [3.05, 3.63) is 35.4 Å². The summed E-state index contributed by atoms with van der Waals surface area (Å²) >= 11 is 0. The second-order valence-corrected chi connectivity index (χ2v) is 5.63. The monoisotopic (exact) mass is 283 g/mol. The van der Waals surface area contributed by atoms with Crippen molar-refractivity contribution in [2.45, 2.75) is 38.2 Å². The number of aryl methyl sites for hydroxylation is 1. The largest absolute Gasteiger partial charge is 0.390 e. The van der Waals surface area contributed by atoms with Crippen molar-refractivity contribution in [1.29, 1.82) is 0 Å². The van der Waals surface area contributed by atoms with Gasteiger partial charge in [-0.1, -0.05) is 6.07 Å². The number of carbonyl (C=O) groups excluding carboxylic acids is 1. The first-order chi connectivity index (χ1) is 9.37. The van der Waals surface area contributed by atoms with Gasteiger partial charge in [0.2, 0.25) is 5.91 Å². The molecular formula is C15H19F2NO2. The molecule has 0 radical (unpaired) electrons. The highest BCUT2D eigenvalue weighted by atomic mass is 19.2. The Morgan fingerprint density at radius 1 is 1.30 bits per heavy atom. The van der Waals surface area contributed by atoms with Crippen molar-refractivity contribution in [1.82, 2.24) is 4.90 Å². The molecule has 1 aliphatic rings. The summed E-state index contributed by atoms with van der Waals surface area (Å²) in [6, 6.07) is 3.70. The van der Waals surface area contributed by atoms with Gasteiger partial charge in [-0.3, -0.25) is 4.79 Å². The van der Waals surface area contributed by atoms with Gasteiger partial charge < -0.3 is 10.0 Å². The predicted molar refractivity (Wildman–Crippen MR) is 71.1 cm³/mol. The molecule has 1 aromatic rings. The van der Waals surface area contributed by atoms with Gasteiger partial charge in [-0.15, -0.1) is 0 Å². The fourth-order valence-electron chi connectivity index (χ4n) is 2.34. The van der Waals surface area contributed by atoms with Crippen LogP contribution in [-0.2, 0) is 11.2 Å². The normalized spacial score (nSPS) is 18.1. The van der Waals surface area contributed by atoms with Gasteiger partial charge in [0.25, 0.3) is 0 Å². The van der Waals surface area contributed by atoms with E-state index < -0.39 is 17.2 Å². The van der Waals surface area contributed by atoms with Gasteiger partial charge in [0, 0.05) is 19.5 Å². The van der Waals surface area contributed by atoms with Gasteiger partial charge in [0.05, 0.1) is 5.60 Å². The molecule has 1 saturated heterocycles. The maximum absolute atomic E-state index is 13.0. The zero-order chi connectivity index (χ0) is 14.8. The molecule has 20 heavy (non-hydrogen) atoms. The number of rotatable bonds is 3. The van der Waals surface area contributed by atoms with Crippen molar-refractivity contribution in [3.8, 4) is 0 Å². The maximum atomic E-state index is 13.0. The third-order valence-electron chi connectivity index (χ3n) is 3.80. The Bertz CT molecular complexity index is 493. The van der Waals surface area contributed by atoms with Gasteiger partial charge in [-0.25, -0.2) is 8.78 Å². The van der Waals surface area contributed by atoms with Crippen LogP contribution >= 0.6 is 0 Å². The standard InChI is InChI=1S/C15H19F2NO2/c1-15(20)6-8-18(9-7-15)14(19)5-3-11-2-4-12(16)13(17)10-11/h2,4,10,20H,3,5-9H2,1H3. The first-order valence-corrected chi connectivity index (χ1v) is 6.81. The highest BCUT2D eigenvalue weighted by Crippen LogP contribution is 2.21. The fourth-order valence-corrected chi connectivity index (χ4v) is 2.34. The second kappa shape index (κ2) is 5.87. The van der Waals surface area contributed by atoms with Crippen LogP contribution < -0.4 is 0 Å². The number of likely N-dealkylation sites (tertiary alicyclic amines) is 1. The minimum Gasteiger partial charge on any atom is -0.390 e. The van der Waals surface area contributed by atoms with E-state index in [0.29, 0.717) is 37.9 Å². The number of halogens is 2. The summed E-state index contributed by atoms with van der Waals surface area (Å²) in [5, 5.41) is 9.82. The minimum absolute atomic E-state index is 0.00904. The van der Waals surface area contributed by atoms with Crippen LogP contribution in [0.15, 0.2) is 18.2 Å². The Balaban J connectivity index is 1.85. The minimum atomic E-state index is -0.885. The van der Waals surface area contributed by atoms with Crippen LogP contribution in [0, 0.1) is 11.6 Å². The first-order valence-electron chi connectivity index (χ1n) is 6.81. The Kier molecular flexibility index (Phi) is 4.38. The fraction of sp³-hybridized carbons (Fsp3) is 0.533. The van der Waals surface area contributed by atoms with Crippen molar-refractivity contribution in [3.63, 3.8) is 0 Å². The first kappa shape index (κ1) is 14.9. The molecule has 0 atom stereocenters. The van der Waals surface area contributed by atoms with Gasteiger partial charge in [0.15, 0.2) is 11.6 Å². The van der Waals surface area contributed by atoms with Crippen molar-refractivity contribution in [2.24, 2.45) is 0 Å². The Labute approximate surface area is 117 Å². The summed E-state index contributed by atoms with van der Waals surface area (Å²) in [5.41, 5.74) is -0.0714. The summed E-state index contributed by atoms with van der Waals surface area (Å²) in [6.45, 7) is 2.86. The quantitative estimate of drug-likeness (QED) is 0.924. The average Bonchev–Trinajstić information content (AvgIpc) is 2.40. The van der Waals surface area contributed by atoms with Crippen molar-refractivity contribution in [2.75, 3.05) is 13.1 Å². The lowest BCUT2D eigenvalue weighted by molar-refractivity contribution is -0.134. The van der Waals surface area contributed by atoms with E-state index in [1.807, 2.05) is 0 Å². The van der Waals surface area contributed by atoms with Crippen LogP contribution in [0.2, 0.25) is 0 Å². The van der Waals surface area contributed by atoms with Gasteiger partial charge in [-0.05, 0) is 43.9 Å². The highest BCUT2D eigenvalue weighted by molar-refractivity contribution is 5.76. The van der Waals surface area contributed by atoms with E-state index >= 15 is 0 Å². The number of hydrogen-bond acceptors (Lipinski definition) is 2. The summed E-state index contributed by atoms with van der Waals surface area (Å²) in [5.74, 6) is -1.77. The van der Waals surface area contributed by atoms with Crippen LogP contribution in [-0.4, -0.2) is 34.6 Å². The zero-order valence-corrected chi connectivity index (χ0v) is 11.5. The van der Waals surface area contributed by atoms with E-state index in [1.54, 1.807) is 11.8 Å². The van der Waals surface area contributed by atoms with Gasteiger partial charge in [-0.2, -0.15) is 0 Å². The van der Waals surface area contributed by atoms with Crippen molar-refractivity contribution < 1.29 is 18.7 Å². The molecule has 0 spiro atoms. The predicted octanol–water partition coefficient (Wildman–Crippen LogP) is 2.27. The molecule has 0 unspecified atom stereocenters. The molecule has 1 amide bonds. The number of amides is 1. The van der Waals surface area contributed by atoms with E-state index in [2.05, 4.69) is 0 Å². The number of piperidine rings is 1. The number of benzene rings is 1.